The van der Waals surface area contributed by atoms with Crippen LogP contribution in [0.25, 0.3) is 31.9 Å². The number of rotatable bonds is 4. The summed E-state index contributed by atoms with van der Waals surface area (Å²) in [7, 11) is 0. The monoisotopic (exact) mass is 290 g/mol. The molecule has 0 unspecified atom stereocenters. The van der Waals surface area contributed by atoms with E-state index in [0.717, 1.165) is 6.33 Å². The van der Waals surface area contributed by atoms with Crippen LogP contribution in [0.4, 0.5) is 22.7 Å². The second-order valence-corrected chi connectivity index (χ2v) is 3.41. The van der Waals surface area contributed by atoms with Gasteiger partial charge >= 0.3 is 11.4 Å². The van der Waals surface area contributed by atoms with Gasteiger partial charge in [-0.1, -0.05) is 10.2 Å². The van der Waals surface area contributed by atoms with Crippen LogP contribution in [0.3, 0.4) is 0 Å². The van der Waals surface area contributed by atoms with Crippen molar-refractivity contribution in [2.75, 3.05) is 0 Å². The molecular formula is C7H2N10O4. The molecule has 0 spiro atoms. The molecule has 14 nitrogen and oxygen atoms in total. The standard InChI is InChI=1S/C7H2N10O4/c8-14-12-4-2-3(11-1-10-2)5(13-15-9)7(17(20)21)6(4)16(18)19/h1H,(H,10,11). The summed E-state index contributed by atoms with van der Waals surface area (Å²) in [5.74, 6) is 0. The van der Waals surface area contributed by atoms with Crippen molar-refractivity contribution in [1.29, 1.82) is 0 Å². The first-order valence-electron chi connectivity index (χ1n) is 4.95. The Morgan fingerprint density at radius 2 is 1.62 bits per heavy atom. The zero-order chi connectivity index (χ0) is 15.6. The summed E-state index contributed by atoms with van der Waals surface area (Å²) in [6.45, 7) is 0. The van der Waals surface area contributed by atoms with E-state index < -0.39 is 32.6 Å². The molecule has 0 aliphatic rings. The van der Waals surface area contributed by atoms with Gasteiger partial charge in [0.2, 0.25) is 0 Å². The Morgan fingerprint density at radius 1 is 1.10 bits per heavy atom. The second-order valence-electron chi connectivity index (χ2n) is 3.41. The van der Waals surface area contributed by atoms with Gasteiger partial charge in [0.05, 0.1) is 21.7 Å². The van der Waals surface area contributed by atoms with E-state index in [9.17, 15) is 20.2 Å². The van der Waals surface area contributed by atoms with Crippen LogP contribution in [0.2, 0.25) is 0 Å². The fourth-order valence-electron chi connectivity index (χ4n) is 1.74. The predicted octanol–water partition coefficient (Wildman–Crippen LogP) is 3.26. The molecule has 0 radical (unpaired) electrons. The Kier molecular flexibility index (Phi) is 3.23. The molecule has 0 amide bonds. The van der Waals surface area contributed by atoms with Gasteiger partial charge in [-0.3, -0.25) is 20.2 Å². The lowest BCUT2D eigenvalue weighted by atomic mass is 10.1. The molecule has 104 valence electrons. The molecule has 1 N–H and O–H groups in total. The zero-order valence-electron chi connectivity index (χ0n) is 9.74. The van der Waals surface area contributed by atoms with Crippen LogP contribution >= 0.6 is 0 Å². The van der Waals surface area contributed by atoms with E-state index in [2.05, 4.69) is 30.0 Å². The Hall–Kier alpha value is -3.89. The largest absolute Gasteiger partial charge is 0.358 e. The lowest BCUT2D eigenvalue weighted by molar-refractivity contribution is -0.421. The number of nitrogens with one attached hydrogen (secondary N) is 1. The minimum absolute atomic E-state index is 0.146. The molecule has 0 bridgehead atoms. The summed E-state index contributed by atoms with van der Waals surface area (Å²) in [5.41, 5.74) is 13.2. The molecule has 0 saturated heterocycles. The minimum Gasteiger partial charge on any atom is -0.344 e. The van der Waals surface area contributed by atoms with Crippen LogP contribution in [-0.4, -0.2) is 19.8 Å². The fraction of sp³-hybridized carbons (Fsp3) is 0. The number of H-pyrrole nitrogens is 1. The lowest BCUT2D eigenvalue weighted by Gasteiger charge is -2.03. The van der Waals surface area contributed by atoms with E-state index in [1.54, 1.807) is 0 Å². The number of benzene rings is 1. The number of nitro groups is 2. The average molecular weight is 290 g/mol. The van der Waals surface area contributed by atoms with E-state index in [1.165, 1.54) is 0 Å². The number of azide groups is 2. The summed E-state index contributed by atoms with van der Waals surface area (Å²) >= 11 is 0. The molecule has 1 heterocycles. The van der Waals surface area contributed by atoms with E-state index in [4.69, 9.17) is 11.1 Å². The first-order valence-corrected chi connectivity index (χ1v) is 4.95. The van der Waals surface area contributed by atoms with Crippen molar-refractivity contribution < 1.29 is 9.85 Å². The molecule has 0 aliphatic heterocycles. The normalized spacial score (nSPS) is 9.71. The summed E-state index contributed by atoms with van der Waals surface area (Å²) in [6.07, 6.45) is 1.06. The van der Waals surface area contributed by atoms with Crippen molar-refractivity contribution >= 4 is 33.8 Å². The summed E-state index contributed by atoms with van der Waals surface area (Å²) in [4.78, 5) is 30.9. The number of aromatic nitrogens is 2. The zero-order valence-corrected chi connectivity index (χ0v) is 9.74. The van der Waals surface area contributed by atoms with E-state index in [0.29, 0.717) is 0 Å². The third-order valence-electron chi connectivity index (χ3n) is 2.43. The number of aromatic amines is 1. The highest BCUT2D eigenvalue weighted by Crippen LogP contribution is 2.49. The summed E-state index contributed by atoms with van der Waals surface area (Å²) in [6, 6.07) is 0. The van der Waals surface area contributed by atoms with Crippen molar-refractivity contribution in [1.82, 2.24) is 9.97 Å². The second kappa shape index (κ2) is 5.00. The number of nitro benzene ring substituents is 2. The highest BCUT2D eigenvalue weighted by molar-refractivity contribution is 6.04. The van der Waals surface area contributed by atoms with Crippen molar-refractivity contribution in [3.63, 3.8) is 0 Å². The maximum Gasteiger partial charge on any atom is 0.358 e. The SMILES string of the molecule is [N-]=[N+]=Nc1c([N+](=O)[O-])c([N+](=O)[O-])c(N=[N+]=[N-])c2[nH]cnc12. The smallest absolute Gasteiger partial charge is 0.344 e. The maximum absolute atomic E-state index is 11.1. The van der Waals surface area contributed by atoms with Gasteiger partial charge in [0, 0.05) is 9.82 Å². The van der Waals surface area contributed by atoms with Crippen molar-refractivity contribution in [3.05, 3.63) is 47.4 Å². The topological polar surface area (TPSA) is 212 Å². The molecule has 1 aromatic carbocycles. The van der Waals surface area contributed by atoms with Crippen LogP contribution in [0.15, 0.2) is 16.6 Å². The third-order valence-corrected chi connectivity index (χ3v) is 2.43. The van der Waals surface area contributed by atoms with Gasteiger partial charge in [0.25, 0.3) is 0 Å². The summed E-state index contributed by atoms with van der Waals surface area (Å²) in [5, 5.41) is 28.4. The molecule has 21 heavy (non-hydrogen) atoms. The van der Waals surface area contributed by atoms with Crippen LogP contribution in [0.5, 0.6) is 0 Å². The van der Waals surface area contributed by atoms with Crippen molar-refractivity contribution in [2.45, 2.75) is 0 Å². The first kappa shape index (κ1) is 13.5. The van der Waals surface area contributed by atoms with Gasteiger partial charge in [-0.25, -0.2) is 4.98 Å². The number of imidazole rings is 1. The quantitative estimate of drug-likeness (QED) is 0.294. The highest BCUT2D eigenvalue weighted by Gasteiger charge is 2.36. The Bertz CT molecular complexity index is 801. The van der Waals surface area contributed by atoms with Crippen LogP contribution in [0.1, 0.15) is 0 Å². The molecule has 14 heteroatoms. The predicted molar refractivity (Wildman–Crippen MR) is 67.0 cm³/mol. The van der Waals surface area contributed by atoms with Gasteiger partial charge < -0.3 is 4.98 Å². The minimum atomic E-state index is -1.10. The van der Waals surface area contributed by atoms with Gasteiger partial charge in [0.1, 0.15) is 11.2 Å². The molecule has 0 saturated carbocycles. The first-order chi connectivity index (χ1) is 10.0. The van der Waals surface area contributed by atoms with E-state index >= 15 is 0 Å². The summed E-state index contributed by atoms with van der Waals surface area (Å²) < 4.78 is 0. The van der Waals surface area contributed by atoms with Crippen LogP contribution < -0.4 is 0 Å². The van der Waals surface area contributed by atoms with Crippen LogP contribution in [-0.2, 0) is 0 Å². The van der Waals surface area contributed by atoms with Crippen LogP contribution in [0, 0.1) is 20.2 Å². The van der Waals surface area contributed by atoms with Gasteiger partial charge in [-0.15, -0.1) is 0 Å². The van der Waals surface area contributed by atoms with Gasteiger partial charge in [0.15, 0.2) is 5.69 Å². The molecule has 0 aliphatic carbocycles. The Labute approximate surface area is 112 Å². The van der Waals surface area contributed by atoms with Crippen molar-refractivity contribution in [2.24, 2.45) is 10.2 Å². The molecule has 2 aromatic rings. The molecule has 0 fully saturated rings. The highest BCUT2D eigenvalue weighted by atomic mass is 16.6. The molecule has 1 aromatic heterocycles. The fourth-order valence-corrected chi connectivity index (χ4v) is 1.74. The average Bonchev–Trinajstić information content (AvgIpc) is 2.89. The number of hydrogen-bond donors (Lipinski definition) is 1. The van der Waals surface area contributed by atoms with Crippen molar-refractivity contribution in [3.8, 4) is 0 Å². The number of nitrogens with zero attached hydrogens (tertiary/aromatic N) is 9. The van der Waals surface area contributed by atoms with E-state index in [1.807, 2.05) is 0 Å². The lowest BCUT2D eigenvalue weighted by Crippen LogP contribution is -1.98. The Balaban J connectivity index is 3.18. The maximum atomic E-state index is 11.1. The Morgan fingerprint density at radius 3 is 2.14 bits per heavy atom. The third kappa shape index (κ3) is 1.99. The van der Waals surface area contributed by atoms with Gasteiger partial charge in [-0.05, 0) is 11.1 Å². The number of fused-ring (bicyclic) bond motifs is 1. The van der Waals surface area contributed by atoms with E-state index in [-0.39, 0.29) is 11.0 Å². The molecule has 0 atom stereocenters. The number of hydrogen-bond acceptors (Lipinski definition) is 7. The van der Waals surface area contributed by atoms with Gasteiger partial charge in [-0.2, -0.15) is 0 Å². The molecular weight excluding hydrogens is 288 g/mol. The molecule has 2 rings (SSSR count).